The Kier molecular flexibility index (Phi) is 3.14. The lowest BCUT2D eigenvalue weighted by Crippen LogP contribution is -2.46. The predicted molar refractivity (Wildman–Crippen MR) is 55.7 cm³/mol. The van der Waals surface area contributed by atoms with Crippen LogP contribution in [0, 0.1) is 5.92 Å². The highest BCUT2D eigenvalue weighted by Crippen LogP contribution is 2.28. The Morgan fingerprint density at radius 2 is 2.00 bits per heavy atom. The molecular weight excluding hydrogens is 210 g/mol. The van der Waals surface area contributed by atoms with Gasteiger partial charge in [-0.25, -0.2) is 0 Å². The van der Waals surface area contributed by atoms with Crippen molar-refractivity contribution in [3.63, 3.8) is 0 Å². The van der Waals surface area contributed by atoms with Gasteiger partial charge in [0.25, 0.3) is 0 Å². The van der Waals surface area contributed by atoms with Gasteiger partial charge in [-0.05, 0) is 12.8 Å². The second-order valence-corrected chi connectivity index (χ2v) is 4.70. The molecule has 0 aromatic rings. The lowest BCUT2D eigenvalue weighted by molar-refractivity contribution is -0.141. The van der Waals surface area contributed by atoms with Crippen molar-refractivity contribution in [2.45, 2.75) is 44.2 Å². The van der Waals surface area contributed by atoms with E-state index in [1.54, 1.807) is 4.90 Å². The van der Waals surface area contributed by atoms with Gasteiger partial charge in [0.05, 0.1) is 18.1 Å². The van der Waals surface area contributed by atoms with Crippen molar-refractivity contribution in [1.82, 2.24) is 4.90 Å². The molecule has 1 saturated heterocycles. The minimum atomic E-state index is -0.916. The Morgan fingerprint density at radius 1 is 1.31 bits per heavy atom. The fourth-order valence-corrected chi connectivity index (χ4v) is 2.67. The van der Waals surface area contributed by atoms with E-state index in [0.29, 0.717) is 6.42 Å². The van der Waals surface area contributed by atoms with Gasteiger partial charge in [-0.2, -0.15) is 0 Å². The van der Waals surface area contributed by atoms with Crippen LogP contribution in [0.15, 0.2) is 0 Å². The third kappa shape index (κ3) is 2.04. The number of hydrogen-bond donors (Lipinski definition) is 2. The summed E-state index contributed by atoms with van der Waals surface area (Å²) in [7, 11) is 0. The van der Waals surface area contributed by atoms with Crippen LogP contribution in [0.25, 0.3) is 0 Å². The van der Waals surface area contributed by atoms with Crippen LogP contribution in [0.1, 0.15) is 32.1 Å². The van der Waals surface area contributed by atoms with Crippen molar-refractivity contribution in [1.29, 1.82) is 0 Å². The molecular formula is C11H17NO4. The molecule has 0 aromatic heterocycles. The van der Waals surface area contributed by atoms with Crippen molar-refractivity contribution in [3.05, 3.63) is 0 Å². The molecule has 2 N–H and O–H groups in total. The van der Waals surface area contributed by atoms with Gasteiger partial charge in [-0.3, -0.25) is 9.59 Å². The topological polar surface area (TPSA) is 77.8 Å². The molecule has 2 aliphatic rings. The standard InChI is InChI=1S/C11H17NO4/c13-9-4-2-1-3-8(9)12-6-7(11(15)16)5-10(12)14/h7-9,13H,1-6H2,(H,15,16)/t7?,8-,9-/m0/s1. The molecule has 0 bridgehead atoms. The maximum Gasteiger partial charge on any atom is 0.308 e. The van der Waals surface area contributed by atoms with Crippen molar-refractivity contribution in [3.8, 4) is 0 Å². The lowest BCUT2D eigenvalue weighted by Gasteiger charge is -2.35. The molecule has 1 aliphatic carbocycles. The Hall–Kier alpha value is -1.10. The highest BCUT2D eigenvalue weighted by molar-refractivity contribution is 5.86. The summed E-state index contributed by atoms with van der Waals surface area (Å²) in [6.07, 6.45) is 3.10. The molecule has 5 nitrogen and oxygen atoms in total. The molecule has 1 unspecified atom stereocenters. The number of rotatable bonds is 2. The number of carboxylic acids is 1. The van der Waals surface area contributed by atoms with E-state index in [0.717, 1.165) is 19.3 Å². The quantitative estimate of drug-likeness (QED) is 0.707. The number of hydrogen-bond acceptors (Lipinski definition) is 3. The largest absolute Gasteiger partial charge is 0.481 e. The van der Waals surface area contributed by atoms with E-state index < -0.39 is 18.0 Å². The first-order valence-corrected chi connectivity index (χ1v) is 5.80. The van der Waals surface area contributed by atoms with E-state index in [4.69, 9.17) is 5.11 Å². The fraction of sp³-hybridized carbons (Fsp3) is 0.818. The zero-order valence-corrected chi connectivity index (χ0v) is 9.13. The maximum atomic E-state index is 11.7. The van der Waals surface area contributed by atoms with E-state index in [9.17, 15) is 14.7 Å². The summed E-state index contributed by atoms with van der Waals surface area (Å²) in [6, 6.07) is -0.161. The van der Waals surface area contributed by atoms with E-state index in [1.165, 1.54) is 0 Å². The van der Waals surface area contributed by atoms with Gasteiger partial charge in [0.2, 0.25) is 5.91 Å². The molecule has 2 rings (SSSR count). The van der Waals surface area contributed by atoms with E-state index in [1.807, 2.05) is 0 Å². The minimum Gasteiger partial charge on any atom is -0.481 e. The van der Waals surface area contributed by atoms with E-state index in [2.05, 4.69) is 0 Å². The van der Waals surface area contributed by atoms with Crippen molar-refractivity contribution >= 4 is 11.9 Å². The summed E-state index contributed by atoms with van der Waals surface area (Å²) in [5.74, 6) is -1.64. The lowest BCUT2D eigenvalue weighted by atomic mass is 9.91. The second kappa shape index (κ2) is 4.41. The van der Waals surface area contributed by atoms with Crippen LogP contribution < -0.4 is 0 Å². The molecule has 16 heavy (non-hydrogen) atoms. The summed E-state index contributed by atoms with van der Waals surface area (Å²) < 4.78 is 0. The van der Waals surface area contributed by atoms with E-state index in [-0.39, 0.29) is 24.9 Å². The average Bonchev–Trinajstić information content (AvgIpc) is 2.61. The number of carbonyl (C=O) groups is 2. The molecule has 3 atom stereocenters. The fourth-order valence-electron chi connectivity index (χ4n) is 2.67. The summed E-state index contributed by atoms with van der Waals surface area (Å²) in [6.45, 7) is 0.260. The zero-order valence-electron chi connectivity index (χ0n) is 9.13. The van der Waals surface area contributed by atoms with Crippen LogP contribution in [-0.2, 0) is 9.59 Å². The highest BCUT2D eigenvalue weighted by atomic mass is 16.4. The normalized spacial score (nSPS) is 35.4. The summed E-state index contributed by atoms with van der Waals surface area (Å²) in [4.78, 5) is 24.1. The van der Waals surface area contributed by atoms with Gasteiger partial charge in [0.1, 0.15) is 0 Å². The number of likely N-dealkylation sites (tertiary alicyclic amines) is 1. The van der Waals surface area contributed by atoms with Gasteiger partial charge >= 0.3 is 5.97 Å². The molecule has 1 amide bonds. The first-order valence-electron chi connectivity index (χ1n) is 5.80. The van der Waals surface area contributed by atoms with Crippen LogP contribution in [0.4, 0.5) is 0 Å². The molecule has 2 fully saturated rings. The van der Waals surface area contributed by atoms with Crippen molar-refractivity contribution in [2.75, 3.05) is 6.54 Å². The number of aliphatic carboxylic acids is 1. The number of amides is 1. The molecule has 0 spiro atoms. The van der Waals surface area contributed by atoms with Crippen LogP contribution in [-0.4, -0.2) is 45.7 Å². The van der Waals surface area contributed by atoms with E-state index >= 15 is 0 Å². The molecule has 90 valence electrons. The third-order valence-corrected chi connectivity index (χ3v) is 3.60. The summed E-state index contributed by atoms with van der Waals surface area (Å²) in [5.41, 5.74) is 0. The smallest absolute Gasteiger partial charge is 0.308 e. The number of carboxylic acid groups (broad SMARTS) is 1. The minimum absolute atomic E-state index is 0.0819. The Labute approximate surface area is 94.0 Å². The first kappa shape index (κ1) is 11.4. The molecule has 1 aliphatic heterocycles. The van der Waals surface area contributed by atoms with Gasteiger partial charge in [0.15, 0.2) is 0 Å². The van der Waals surface area contributed by atoms with Crippen LogP contribution in [0.2, 0.25) is 0 Å². The van der Waals surface area contributed by atoms with Gasteiger partial charge in [-0.1, -0.05) is 12.8 Å². The Bertz CT molecular complexity index is 304. The second-order valence-electron chi connectivity index (χ2n) is 4.70. The van der Waals surface area contributed by atoms with Crippen LogP contribution in [0.3, 0.4) is 0 Å². The number of nitrogens with zero attached hydrogens (tertiary/aromatic N) is 1. The van der Waals surface area contributed by atoms with Crippen molar-refractivity contribution < 1.29 is 19.8 Å². The molecule has 0 aromatic carbocycles. The maximum absolute atomic E-state index is 11.7. The molecule has 0 radical (unpaired) electrons. The Morgan fingerprint density at radius 3 is 2.56 bits per heavy atom. The monoisotopic (exact) mass is 227 g/mol. The number of carbonyl (C=O) groups excluding carboxylic acids is 1. The highest BCUT2D eigenvalue weighted by Gasteiger charge is 2.40. The summed E-state index contributed by atoms with van der Waals surface area (Å²) >= 11 is 0. The average molecular weight is 227 g/mol. The number of aliphatic hydroxyl groups excluding tert-OH is 1. The van der Waals surface area contributed by atoms with Gasteiger partial charge < -0.3 is 15.1 Å². The van der Waals surface area contributed by atoms with Crippen molar-refractivity contribution in [2.24, 2.45) is 5.92 Å². The SMILES string of the molecule is O=C(O)C1CC(=O)N([C@H]2CCCC[C@@H]2O)C1. The molecule has 1 saturated carbocycles. The van der Waals surface area contributed by atoms with Gasteiger partial charge in [0, 0.05) is 13.0 Å². The molecule has 1 heterocycles. The zero-order chi connectivity index (χ0) is 11.7. The summed E-state index contributed by atoms with van der Waals surface area (Å²) in [5, 5.41) is 18.7. The number of aliphatic hydroxyl groups is 1. The van der Waals surface area contributed by atoms with Gasteiger partial charge in [-0.15, -0.1) is 0 Å². The molecule has 5 heteroatoms. The first-order chi connectivity index (χ1) is 7.59. The van der Waals surface area contributed by atoms with Crippen LogP contribution in [0.5, 0.6) is 0 Å². The van der Waals surface area contributed by atoms with Crippen LogP contribution >= 0.6 is 0 Å². The Balaban J connectivity index is 2.04. The predicted octanol–water partition coefficient (Wildman–Crippen LogP) is 0.223. The third-order valence-electron chi connectivity index (χ3n) is 3.60.